The molecule has 27 heavy (non-hydrogen) atoms. The van der Waals surface area contributed by atoms with Crippen LogP contribution in [0.1, 0.15) is 29.9 Å². The van der Waals surface area contributed by atoms with Crippen molar-refractivity contribution in [3.63, 3.8) is 0 Å². The molecule has 0 spiro atoms. The van der Waals surface area contributed by atoms with E-state index in [0.29, 0.717) is 27.6 Å². The van der Waals surface area contributed by atoms with Crippen molar-refractivity contribution < 1.29 is 9.53 Å². The van der Waals surface area contributed by atoms with Gasteiger partial charge in [0, 0.05) is 29.7 Å². The molecule has 138 valence electrons. The SMILES string of the molecule is Cc1cn2cc(C(=O)Nc3cnn4cc(S)cnc34)c(OC(C)C)nc2n1. The third-order valence-corrected chi connectivity index (χ3v) is 3.95. The number of nitrogens with zero attached hydrogens (tertiary/aromatic N) is 6. The van der Waals surface area contributed by atoms with Gasteiger partial charge in [0.15, 0.2) is 5.65 Å². The van der Waals surface area contributed by atoms with E-state index in [1.807, 2.05) is 20.8 Å². The third kappa shape index (κ3) is 3.31. The number of hydrogen-bond acceptors (Lipinski definition) is 7. The molecule has 0 saturated carbocycles. The molecule has 0 aliphatic rings. The Morgan fingerprint density at radius 1 is 1.22 bits per heavy atom. The first kappa shape index (κ1) is 17.3. The van der Waals surface area contributed by atoms with Gasteiger partial charge < -0.3 is 10.1 Å². The molecule has 9 nitrogen and oxygen atoms in total. The van der Waals surface area contributed by atoms with Crippen LogP contribution in [0.15, 0.2) is 35.9 Å². The summed E-state index contributed by atoms with van der Waals surface area (Å²) < 4.78 is 8.97. The molecule has 0 radical (unpaired) electrons. The van der Waals surface area contributed by atoms with Gasteiger partial charge in [0.1, 0.15) is 11.3 Å². The first-order valence-electron chi connectivity index (χ1n) is 8.27. The quantitative estimate of drug-likeness (QED) is 0.525. The van der Waals surface area contributed by atoms with E-state index in [1.165, 1.54) is 6.20 Å². The lowest BCUT2D eigenvalue weighted by Crippen LogP contribution is -2.18. The van der Waals surface area contributed by atoms with Crippen molar-refractivity contribution in [1.29, 1.82) is 0 Å². The largest absolute Gasteiger partial charge is 0.474 e. The number of hydrogen-bond donors (Lipinski definition) is 2. The van der Waals surface area contributed by atoms with Gasteiger partial charge in [-0.1, -0.05) is 0 Å². The summed E-state index contributed by atoms with van der Waals surface area (Å²) in [5, 5.41) is 7.00. The number of amides is 1. The fourth-order valence-corrected chi connectivity index (χ4v) is 2.81. The van der Waals surface area contributed by atoms with E-state index in [0.717, 1.165) is 5.69 Å². The Hall–Kier alpha value is -3.14. The molecule has 4 aromatic heterocycles. The fraction of sp³-hybridized carbons (Fsp3) is 0.235. The Bertz CT molecular complexity index is 1160. The minimum atomic E-state index is -0.377. The molecule has 0 saturated heterocycles. The zero-order valence-corrected chi connectivity index (χ0v) is 15.8. The van der Waals surface area contributed by atoms with Gasteiger partial charge in [-0.3, -0.25) is 9.20 Å². The van der Waals surface area contributed by atoms with Crippen LogP contribution in [0.4, 0.5) is 5.69 Å². The number of carbonyl (C=O) groups excluding carboxylic acids is 1. The van der Waals surface area contributed by atoms with E-state index in [9.17, 15) is 4.79 Å². The minimum absolute atomic E-state index is 0.144. The second kappa shape index (κ2) is 6.54. The van der Waals surface area contributed by atoms with Gasteiger partial charge in [-0.25, -0.2) is 14.5 Å². The van der Waals surface area contributed by atoms with Crippen LogP contribution in [0, 0.1) is 6.92 Å². The lowest BCUT2D eigenvalue weighted by molar-refractivity contribution is 0.101. The van der Waals surface area contributed by atoms with Gasteiger partial charge in [0.25, 0.3) is 5.91 Å². The summed E-state index contributed by atoms with van der Waals surface area (Å²) in [6, 6.07) is 0. The summed E-state index contributed by atoms with van der Waals surface area (Å²) in [6.45, 7) is 5.60. The van der Waals surface area contributed by atoms with Gasteiger partial charge in [-0.2, -0.15) is 10.1 Å². The van der Waals surface area contributed by atoms with Crippen molar-refractivity contribution in [3.8, 4) is 5.88 Å². The first-order chi connectivity index (χ1) is 12.9. The van der Waals surface area contributed by atoms with Crippen LogP contribution in [0.25, 0.3) is 11.4 Å². The molecule has 0 fully saturated rings. The predicted octanol–water partition coefficient (Wildman–Crippen LogP) is 2.41. The van der Waals surface area contributed by atoms with Crippen LogP contribution >= 0.6 is 12.6 Å². The van der Waals surface area contributed by atoms with E-state index in [1.54, 1.807) is 33.7 Å². The molecule has 4 heterocycles. The smallest absolute Gasteiger partial charge is 0.262 e. The molecule has 4 rings (SSSR count). The maximum absolute atomic E-state index is 12.9. The zero-order valence-electron chi connectivity index (χ0n) is 14.9. The lowest BCUT2D eigenvalue weighted by atomic mass is 10.3. The summed E-state index contributed by atoms with van der Waals surface area (Å²) in [4.78, 5) is 26.6. The maximum atomic E-state index is 12.9. The van der Waals surface area contributed by atoms with Crippen molar-refractivity contribution >= 4 is 35.6 Å². The number of imidazole rings is 1. The Morgan fingerprint density at radius 2 is 2.04 bits per heavy atom. The second-order valence-electron chi connectivity index (χ2n) is 6.31. The lowest BCUT2D eigenvalue weighted by Gasteiger charge is -2.13. The highest BCUT2D eigenvalue weighted by Crippen LogP contribution is 2.22. The molecule has 0 atom stereocenters. The highest BCUT2D eigenvalue weighted by atomic mass is 32.1. The van der Waals surface area contributed by atoms with Crippen LogP contribution in [-0.4, -0.2) is 41.0 Å². The highest BCUT2D eigenvalue weighted by Gasteiger charge is 2.20. The van der Waals surface area contributed by atoms with E-state index in [4.69, 9.17) is 4.74 Å². The van der Waals surface area contributed by atoms with Crippen molar-refractivity contribution in [2.24, 2.45) is 0 Å². The van der Waals surface area contributed by atoms with Gasteiger partial charge in [0.2, 0.25) is 11.7 Å². The molecular weight excluding hydrogens is 366 g/mol. The van der Waals surface area contributed by atoms with Crippen molar-refractivity contribution in [3.05, 3.63) is 42.2 Å². The minimum Gasteiger partial charge on any atom is -0.474 e. The summed E-state index contributed by atoms with van der Waals surface area (Å²) in [5.74, 6) is 0.319. The number of aryl methyl sites for hydroxylation is 1. The topological polar surface area (TPSA) is 98.7 Å². The number of rotatable bonds is 4. The molecule has 0 bridgehead atoms. The molecule has 1 N–H and O–H groups in total. The molecule has 0 aliphatic heterocycles. The number of ether oxygens (including phenoxy) is 1. The van der Waals surface area contributed by atoms with Gasteiger partial charge in [-0.15, -0.1) is 12.6 Å². The highest BCUT2D eigenvalue weighted by molar-refractivity contribution is 7.80. The molecule has 0 aromatic carbocycles. The molecule has 10 heteroatoms. The first-order valence-corrected chi connectivity index (χ1v) is 8.72. The number of aromatic nitrogens is 6. The van der Waals surface area contributed by atoms with Crippen LogP contribution in [0.3, 0.4) is 0 Å². The number of thiol groups is 1. The fourth-order valence-electron chi connectivity index (χ4n) is 2.64. The second-order valence-corrected chi connectivity index (χ2v) is 6.82. The summed E-state index contributed by atoms with van der Waals surface area (Å²) >= 11 is 4.23. The monoisotopic (exact) mass is 383 g/mol. The van der Waals surface area contributed by atoms with Crippen molar-refractivity contribution in [2.75, 3.05) is 5.32 Å². The summed E-state index contributed by atoms with van der Waals surface area (Å²) in [5.41, 5.74) is 2.08. The average Bonchev–Trinajstić information content (AvgIpc) is 3.15. The van der Waals surface area contributed by atoms with E-state index < -0.39 is 0 Å². The average molecular weight is 383 g/mol. The molecule has 0 unspecified atom stereocenters. The molecular formula is C17H17N7O2S. The normalized spacial score (nSPS) is 11.4. The summed E-state index contributed by atoms with van der Waals surface area (Å²) in [6.07, 6.45) is 8.13. The van der Waals surface area contributed by atoms with Crippen molar-refractivity contribution in [1.82, 2.24) is 29.0 Å². The van der Waals surface area contributed by atoms with Crippen LogP contribution < -0.4 is 10.1 Å². The maximum Gasteiger partial charge on any atom is 0.262 e. The van der Waals surface area contributed by atoms with Crippen LogP contribution in [-0.2, 0) is 0 Å². The molecule has 4 aromatic rings. The third-order valence-electron chi connectivity index (χ3n) is 3.72. The van der Waals surface area contributed by atoms with Crippen LogP contribution in [0.5, 0.6) is 5.88 Å². The molecule has 0 aliphatic carbocycles. The van der Waals surface area contributed by atoms with Gasteiger partial charge in [-0.05, 0) is 20.8 Å². The number of nitrogens with one attached hydrogen (secondary N) is 1. The zero-order chi connectivity index (χ0) is 19.1. The van der Waals surface area contributed by atoms with Gasteiger partial charge in [0.05, 0.1) is 18.0 Å². The van der Waals surface area contributed by atoms with Crippen LogP contribution in [0.2, 0.25) is 0 Å². The Balaban J connectivity index is 1.74. The Kier molecular flexibility index (Phi) is 4.19. The molecule has 1 amide bonds. The van der Waals surface area contributed by atoms with E-state index in [2.05, 4.69) is 38.0 Å². The standard InChI is InChI=1S/C17H17N7O2S/c1-9(2)26-16-12(8-23-6-10(3)20-17(23)22-16)15(25)21-13-5-19-24-7-11(27)4-18-14(13)24/h4-9,27H,1-3H3,(H,21,25). The number of carbonyl (C=O) groups is 1. The van der Waals surface area contributed by atoms with E-state index in [-0.39, 0.29) is 17.9 Å². The van der Waals surface area contributed by atoms with Gasteiger partial charge >= 0.3 is 0 Å². The Labute approximate surface area is 159 Å². The van der Waals surface area contributed by atoms with E-state index >= 15 is 0 Å². The number of fused-ring (bicyclic) bond motifs is 2. The van der Waals surface area contributed by atoms with Crippen molar-refractivity contribution in [2.45, 2.75) is 31.8 Å². The Morgan fingerprint density at radius 3 is 2.81 bits per heavy atom. The number of anilines is 1. The predicted molar refractivity (Wildman–Crippen MR) is 102 cm³/mol. The summed E-state index contributed by atoms with van der Waals surface area (Å²) in [7, 11) is 0.